The zero-order valence-electron chi connectivity index (χ0n) is 11.7. The number of nitro groups is 1. The monoisotopic (exact) mass is 353 g/mol. The van der Waals surface area contributed by atoms with E-state index >= 15 is 0 Å². The molecule has 0 amide bonds. The fourth-order valence-corrected chi connectivity index (χ4v) is 2.45. The van der Waals surface area contributed by atoms with E-state index in [1.165, 1.54) is 10.9 Å². The van der Waals surface area contributed by atoms with Crippen LogP contribution in [0.1, 0.15) is 6.92 Å². The Morgan fingerprint density at radius 2 is 2.17 bits per heavy atom. The molecule has 0 bridgehead atoms. The summed E-state index contributed by atoms with van der Waals surface area (Å²) in [7, 11) is 0. The van der Waals surface area contributed by atoms with E-state index in [-0.39, 0.29) is 23.1 Å². The van der Waals surface area contributed by atoms with E-state index < -0.39 is 4.92 Å². The summed E-state index contributed by atoms with van der Waals surface area (Å²) in [6.45, 7) is 2.29. The second-order valence-corrected chi connectivity index (χ2v) is 5.37. The second kappa shape index (κ2) is 5.98. The summed E-state index contributed by atoms with van der Waals surface area (Å²) in [5.41, 5.74) is 0.314. The van der Waals surface area contributed by atoms with Crippen LogP contribution in [0.15, 0.2) is 28.9 Å². The van der Waals surface area contributed by atoms with E-state index in [9.17, 15) is 10.1 Å². The first-order valence-electron chi connectivity index (χ1n) is 6.51. The molecule has 0 atom stereocenters. The summed E-state index contributed by atoms with van der Waals surface area (Å²) >= 11 is 11.9. The summed E-state index contributed by atoms with van der Waals surface area (Å²) in [4.78, 5) is 14.7. The maximum absolute atomic E-state index is 11.1. The highest BCUT2D eigenvalue weighted by molar-refractivity contribution is 6.36. The highest BCUT2D eigenvalue weighted by Crippen LogP contribution is 2.32. The van der Waals surface area contributed by atoms with Crippen LogP contribution in [0.25, 0.3) is 23.0 Å². The summed E-state index contributed by atoms with van der Waals surface area (Å²) < 4.78 is 6.53. The minimum absolute atomic E-state index is 0.0145. The lowest BCUT2D eigenvalue weighted by atomic mass is 10.2. The lowest BCUT2D eigenvalue weighted by molar-refractivity contribution is -0.384. The number of rotatable bonds is 4. The summed E-state index contributed by atoms with van der Waals surface area (Å²) in [5, 5.41) is 19.8. The quantitative estimate of drug-likeness (QED) is 0.521. The molecule has 23 heavy (non-hydrogen) atoms. The molecule has 3 aromatic rings. The molecule has 8 nitrogen and oxygen atoms in total. The Labute approximate surface area is 139 Å². The van der Waals surface area contributed by atoms with Gasteiger partial charge in [-0.1, -0.05) is 28.4 Å². The average molecular weight is 354 g/mol. The van der Waals surface area contributed by atoms with Crippen molar-refractivity contribution in [3.05, 3.63) is 44.6 Å². The van der Waals surface area contributed by atoms with Gasteiger partial charge in [0.05, 0.1) is 9.95 Å². The third-order valence-corrected chi connectivity index (χ3v) is 3.61. The highest BCUT2D eigenvalue weighted by atomic mass is 35.5. The number of nitrogens with zero attached hydrogens (tertiary/aromatic N) is 5. The van der Waals surface area contributed by atoms with Gasteiger partial charge in [0.1, 0.15) is 6.20 Å². The smallest absolute Gasteiger partial charge is 0.320 e. The van der Waals surface area contributed by atoms with Crippen molar-refractivity contribution in [1.29, 1.82) is 0 Å². The van der Waals surface area contributed by atoms with Gasteiger partial charge < -0.3 is 4.52 Å². The predicted octanol–water partition coefficient (Wildman–Crippen LogP) is 3.84. The van der Waals surface area contributed by atoms with Crippen molar-refractivity contribution in [3.8, 4) is 23.0 Å². The summed E-state index contributed by atoms with van der Waals surface area (Å²) in [5.74, 6) is 0.145. The van der Waals surface area contributed by atoms with Crippen LogP contribution in [0.4, 0.5) is 5.69 Å². The van der Waals surface area contributed by atoms with Crippen molar-refractivity contribution in [2.75, 3.05) is 0 Å². The molecule has 3 rings (SSSR count). The van der Waals surface area contributed by atoms with E-state index in [1.54, 1.807) is 18.2 Å². The lowest BCUT2D eigenvalue weighted by Crippen LogP contribution is -1.93. The minimum Gasteiger partial charge on any atom is -0.332 e. The number of hydrogen-bond acceptors (Lipinski definition) is 6. The molecule has 0 radical (unpaired) electrons. The van der Waals surface area contributed by atoms with Crippen LogP contribution in [0.3, 0.4) is 0 Å². The van der Waals surface area contributed by atoms with E-state index in [4.69, 9.17) is 27.7 Å². The van der Waals surface area contributed by atoms with Crippen LogP contribution in [0.2, 0.25) is 10.0 Å². The Kier molecular flexibility index (Phi) is 4.01. The molecule has 2 aromatic heterocycles. The van der Waals surface area contributed by atoms with Gasteiger partial charge in [0.15, 0.2) is 0 Å². The van der Waals surface area contributed by atoms with Gasteiger partial charge in [-0.15, -0.1) is 0 Å². The number of benzene rings is 1. The van der Waals surface area contributed by atoms with E-state index in [0.29, 0.717) is 22.2 Å². The van der Waals surface area contributed by atoms with Gasteiger partial charge in [-0.05, 0) is 25.1 Å². The van der Waals surface area contributed by atoms with Crippen LogP contribution in [0.5, 0.6) is 0 Å². The van der Waals surface area contributed by atoms with Gasteiger partial charge in [-0.3, -0.25) is 14.8 Å². The molecule has 0 spiro atoms. The number of halogens is 2. The molecular weight excluding hydrogens is 345 g/mol. The highest BCUT2D eigenvalue weighted by Gasteiger charge is 2.26. The SMILES string of the molecule is CCn1cc([N+](=O)[O-])c(-c2nc(-c3ccc(Cl)cc3Cl)no2)n1. The minimum atomic E-state index is -0.548. The molecule has 0 unspecified atom stereocenters. The van der Waals surface area contributed by atoms with Gasteiger partial charge in [-0.25, -0.2) is 0 Å². The molecule has 2 heterocycles. The van der Waals surface area contributed by atoms with Gasteiger partial charge in [0.25, 0.3) is 5.89 Å². The molecule has 0 N–H and O–H groups in total. The largest absolute Gasteiger partial charge is 0.332 e. The lowest BCUT2D eigenvalue weighted by Gasteiger charge is -1.98. The topological polar surface area (TPSA) is 99.9 Å². The first kappa shape index (κ1) is 15.4. The Morgan fingerprint density at radius 3 is 2.83 bits per heavy atom. The molecule has 118 valence electrons. The molecule has 0 saturated heterocycles. The van der Waals surface area contributed by atoms with Gasteiger partial charge in [0, 0.05) is 17.1 Å². The fraction of sp³-hybridized carbons (Fsp3) is 0.154. The second-order valence-electron chi connectivity index (χ2n) is 4.52. The first-order chi connectivity index (χ1) is 11.0. The summed E-state index contributed by atoms with van der Waals surface area (Å²) in [6.07, 6.45) is 1.31. The maximum atomic E-state index is 11.1. The van der Waals surface area contributed by atoms with Crippen molar-refractivity contribution in [2.45, 2.75) is 13.5 Å². The standard InChI is InChI=1S/C13H9Cl2N5O3/c1-2-19-6-10(20(21)22)11(17-19)13-16-12(18-23-13)8-4-3-7(14)5-9(8)15/h3-6H,2H2,1H3. The number of aryl methyl sites for hydroxylation is 1. The van der Waals surface area contributed by atoms with E-state index in [1.807, 2.05) is 6.92 Å². The van der Waals surface area contributed by atoms with Crippen molar-refractivity contribution in [2.24, 2.45) is 0 Å². The molecule has 0 aliphatic heterocycles. The average Bonchev–Trinajstić information content (AvgIpc) is 3.13. The molecule has 0 aliphatic carbocycles. The molecule has 0 aliphatic rings. The van der Waals surface area contributed by atoms with Crippen LogP contribution >= 0.6 is 23.2 Å². The van der Waals surface area contributed by atoms with Gasteiger partial charge in [0.2, 0.25) is 11.5 Å². The molecule has 0 fully saturated rings. The van der Waals surface area contributed by atoms with Crippen molar-refractivity contribution in [1.82, 2.24) is 19.9 Å². The zero-order valence-corrected chi connectivity index (χ0v) is 13.2. The first-order valence-corrected chi connectivity index (χ1v) is 7.26. The number of hydrogen-bond donors (Lipinski definition) is 0. The summed E-state index contributed by atoms with van der Waals surface area (Å²) in [6, 6.07) is 4.81. The van der Waals surface area contributed by atoms with Gasteiger partial charge >= 0.3 is 5.69 Å². The van der Waals surface area contributed by atoms with Crippen LogP contribution < -0.4 is 0 Å². The molecule has 0 saturated carbocycles. The van der Waals surface area contributed by atoms with Crippen LogP contribution in [-0.4, -0.2) is 24.8 Å². The third kappa shape index (κ3) is 2.90. The zero-order chi connectivity index (χ0) is 16.6. The maximum Gasteiger partial charge on any atom is 0.320 e. The Bertz CT molecular complexity index is 890. The normalized spacial score (nSPS) is 10.9. The van der Waals surface area contributed by atoms with Gasteiger partial charge in [-0.2, -0.15) is 10.1 Å². The molecular formula is C13H9Cl2N5O3. The predicted molar refractivity (Wildman–Crippen MR) is 83.3 cm³/mol. The van der Waals surface area contributed by atoms with Crippen molar-refractivity contribution in [3.63, 3.8) is 0 Å². The Morgan fingerprint density at radius 1 is 1.39 bits per heavy atom. The van der Waals surface area contributed by atoms with E-state index in [0.717, 1.165) is 0 Å². The number of aromatic nitrogens is 4. The molecule has 1 aromatic carbocycles. The van der Waals surface area contributed by atoms with Crippen molar-refractivity contribution >= 4 is 28.9 Å². The molecule has 10 heteroatoms. The fourth-order valence-electron chi connectivity index (χ4n) is 1.96. The third-order valence-electron chi connectivity index (χ3n) is 3.06. The van der Waals surface area contributed by atoms with Crippen LogP contribution in [-0.2, 0) is 6.54 Å². The van der Waals surface area contributed by atoms with E-state index in [2.05, 4.69) is 15.2 Å². The Hall–Kier alpha value is -2.45. The Balaban J connectivity index is 2.05. The van der Waals surface area contributed by atoms with Crippen molar-refractivity contribution < 1.29 is 9.45 Å². The van der Waals surface area contributed by atoms with Crippen LogP contribution in [0, 0.1) is 10.1 Å².